The molecule has 2 aromatic carbocycles. The van der Waals surface area contributed by atoms with E-state index in [0.29, 0.717) is 41.7 Å². The monoisotopic (exact) mass is 535 g/mol. The van der Waals surface area contributed by atoms with Gasteiger partial charge in [0.05, 0.1) is 11.9 Å². The molecule has 2 aromatic rings. The second-order valence-corrected chi connectivity index (χ2v) is 12.0. The molecule has 9 heteroatoms. The van der Waals surface area contributed by atoms with Gasteiger partial charge >= 0.3 is 0 Å². The van der Waals surface area contributed by atoms with Crippen LogP contribution in [0.5, 0.6) is 0 Å². The third-order valence-electron chi connectivity index (χ3n) is 5.99. The van der Waals surface area contributed by atoms with Crippen molar-refractivity contribution in [3.63, 3.8) is 0 Å². The van der Waals surface area contributed by atoms with Gasteiger partial charge in [-0.25, -0.2) is 8.42 Å². The van der Waals surface area contributed by atoms with Crippen LogP contribution in [0.2, 0.25) is 5.02 Å². The van der Waals surface area contributed by atoms with Gasteiger partial charge in [-0.15, -0.1) is 0 Å². The summed E-state index contributed by atoms with van der Waals surface area (Å²) in [5.74, 6) is -0.130. The number of amides is 2. The first kappa shape index (κ1) is 29.6. The molecule has 0 aromatic heterocycles. The third kappa shape index (κ3) is 8.52. The number of nitrogens with one attached hydrogen (secondary N) is 1. The van der Waals surface area contributed by atoms with Crippen molar-refractivity contribution in [3.05, 3.63) is 64.2 Å². The van der Waals surface area contributed by atoms with Crippen molar-refractivity contribution in [2.75, 3.05) is 23.7 Å². The molecule has 0 radical (unpaired) electrons. The second-order valence-electron chi connectivity index (χ2n) is 9.64. The van der Waals surface area contributed by atoms with Crippen LogP contribution in [0.3, 0.4) is 0 Å². The van der Waals surface area contributed by atoms with Crippen LogP contribution in [0.25, 0.3) is 0 Å². The van der Waals surface area contributed by atoms with Gasteiger partial charge in [0.1, 0.15) is 6.04 Å². The van der Waals surface area contributed by atoms with Crippen molar-refractivity contribution in [2.45, 2.75) is 60.0 Å². The maximum atomic E-state index is 13.3. The fraction of sp³-hybridized carbons (Fsp3) is 0.481. The minimum absolute atomic E-state index is 0.0965. The van der Waals surface area contributed by atoms with Gasteiger partial charge in [-0.05, 0) is 56.4 Å². The first-order valence-corrected chi connectivity index (χ1v) is 14.4. The predicted octanol–water partition coefficient (Wildman–Crippen LogP) is 4.69. The second kappa shape index (κ2) is 13.1. The first-order valence-electron chi connectivity index (χ1n) is 12.2. The smallest absolute Gasteiger partial charge is 0.242 e. The number of carbonyl (C=O) groups excluding carboxylic acids is 2. The minimum atomic E-state index is -3.59. The van der Waals surface area contributed by atoms with Crippen molar-refractivity contribution >= 4 is 39.1 Å². The Balaban J connectivity index is 2.19. The Hall–Kier alpha value is -2.58. The first-order chi connectivity index (χ1) is 16.8. The lowest BCUT2D eigenvalue weighted by atomic mass is 10.1. The third-order valence-corrected chi connectivity index (χ3v) is 7.57. The number of sulfonamides is 1. The molecule has 0 spiro atoms. The summed E-state index contributed by atoms with van der Waals surface area (Å²) in [6, 6.07) is 12.3. The summed E-state index contributed by atoms with van der Waals surface area (Å²) in [7, 11) is -3.59. The fourth-order valence-electron chi connectivity index (χ4n) is 3.77. The fourth-order valence-corrected chi connectivity index (χ4v) is 4.96. The van der Waals surface area contributed by atoms with Crippen LogP contribution < -0.4 is 9.62 Å². The number of anilines is 1. The maximum absolute atomic E-state index is 13.3. The van der Waals surface area contributed by atoms with E-state index in [0.717, 1.165) is 17.4 Å². The number of hydrogen-bond acceptors (Lipinski definition) is 4. The average molecular weight is 536 g/mol. The normalized spacial score (nSPS) is 12.3. The Bertz CT molecular complexity index is 1150. The zero-order chi connectivity index (χ0) is 27.0. The molecule has 0 aliphatic rings. The van der Waals surface area contributed by atoms with Gasteiger partial charge in [0.15, 0.2) is 0 Å². The molecule has 0 aliphatic heterocycles. The van der Waals surface area contributed by atoms with Crippen molar-refractivity contribution in [3.8, 4) is 0 Å². The number of halogens is 1. The summed E-state index contributed by atoms with van der Waals surface area (Å²) < 4.78 is 26.3. The lowest BCUT2D eigenvalue weighted by Crippen LogP contribution is -2.48. The molecular formula is C27H38ClN3O4S. The van der Waals surface area contributed by atoms with Gasteiger partial charge in [-0.2, -0.15) is 0 Å². The summed E-state index contributed by atoms with van der Waals surface area (Å²) in [6.07, 6.45) is 1.53. The summed E-state index contributed by atoms with van der Waals surface area (Å²) in [5.41, 5.74) is 3.18. The SMILES string of the molecule is Cc1ccc(CN(C(=O)CCCN(c2cccc(Cl)c2C)S(C)(=O)=O)[C@@H](C)C(=O)NCC(C)C)cc1. The van der Waals surface area contributed by atoms with Gasteiger partial charge in [0, 0.05) is 31.1 Å². The Morgan fingerprint density at radius 2 is 1.67 bits per heavy atom. The van der Waals surface area contributed by atoms with Gasteiger partial charge in [0.25, 0.3) is 0 Å². The summed E-state index contributed by atoms with van der Waals surface area (Å²) in [4.78, 5) is 27.7. The van der Waals surface area contributed by atoms with E-state index in [1.165, 1.54) is 4.31 Å². The molecule has 0 saturated carbocycles. The zero-order valence-corrected chi connectivity index (χ0v) is 23.6. The number of nitrogens with zero attached hydrogens (tertiary/aromatic N) is 2. The highest BCUT2D eigenvalue weighted by Gasteiger charge is 2.27. The highest BCUT2D eigenvalue weighted by Crippen LogP contribution is 2.28. The van der Waals surface area contributed by atoms with Crippen LogP contribution in [0.1, 0.15) is 50.3 Å². The topological polar surface area (TPSA) is 86.8 Å². The van der Waals surface area contributed by atoms with E-state index in [1.54, 1.807) is 36.9 Å². The van der Waals surface area contributed by atoms with Gasteiger partial charge < -0.3 is 10.2 Å². The number of carbonyl (C=O) groups is 2. The van der Waals surface area contributed by atoms with Crippen LogP contribution in [-0.2, 0) is 26.2 Å². The zero-order valence-electron chi connectivity index (χ0n) is 22.0. The molecule has 2 amide bonds. The largest absolute Gasteiger partial charge is 0.354 e. The highest BCUT2D eigenvalue weighted by molar-refractivity contribution is 7.92. The van der Waals surface area contributed by atoms with Crippen LogP contribution in [0, 0.1) is 19.8 Å². The Labute approximate surface area is 220 Å². The molecule has 0 bridgehead atoms. The average Bonchev–Trinajstić information content (AvgIpc) is 2.80. The van der Waals surface area contributed by atoms with Gasteiger partial charge in [0.2, 0.25) is 21.8 Å². The van der Waals surface area contributed by atoms with E-state index in [2.05, 4.69) is 5.32 Å². The molecular weight excluding hydrogens is 498 g/mol. The Morgan fingerprint density at radius 3 is 2.25 bits per heavy atom. The van der Waals surface area contributed by atoms with Crippen LogP contribution in [0.15, 0.2) is 42.5 Å². The maximum Gasteiger partial charge on any atom is 0.242 e. The molecule has 7 nitrogen and oxygen atoms in total. The van der Waals surface area contributed by atoms with E-state index < -0.39 is 16.1 Å². The van der Waals surface area contributed by atoms with Crippen molar-refractivity contribution in [1.29, 1.82) is 0 Å². The molecule has 0 fully saturated rings. The lowest BCUT2D eigenvalue weighted by molar-refractivity contribution is -0.140. The van der Waals surface area contributed by atoms with Gasteiger partial charge in [-0.1, -0.05) is 61.3 Å². The van der Waals surface area contributed by atoms with Crippen molar-refractivity contribution < 1.29 is 18.0 Å². The molecule has 0 aliphatic carbocycles. The molecule has 198 valence electrons. The van der Waals surface area contributed by atoms with E-state index in [1.807, 2.05) is 45.0 Å². The lowest BCUT2D eigenvalue weighted by Gasteiger charge is -2.30. The van der Waals surface area contributed by atoms with Gasteiger partial charge in [-0.3, -0.25) is 13.9 Å². The Morgan fingerprint density at radius 1 is 1.03 bits per heavy atom. The molecule has 0 saturated heterocycles. The van der Waals surface area contributed by atoms with Crippen molar-refractivity contribution in [2.24, 2.45) is 5.92 Å². The molecule has 1 N–H and O–H groups in total. The summed E-state index contributed by atoms with van der Waals surface area (Å²) in [6.45, 7) is 10.4. The van der Waals surface area contributed by atoms with E-state index in [9.17, 15) is 18.0 Å². The quantitative estimate of drug-likeness (QED) is 0.427. The summed E-state index contributed by atoms with van der Waals surface area (Å²) in [5, 5.41) is 3.38. The number of rotatable bonds is 12. The molecule has 1 atom stereocenters. The van der Waals surface area contributed by atoms with Crippen LogP contribution in [0.4, 0.5) is 5.69 Å². The van der Waals surface area contributed by atoms with E-state index in [4.69, 9.17) is 11.6 Å². The Kier molecular flexibility index (Phi) is 10.8. The molecule has 0 heterocycles. The van der Waals surface area contributed by atoms with Crippen LogP contribution in [-0.4, -0.2) is 50.5 Å². The van der Waals surface area contributed by atoms with E-state index in [-0.39, 0.29) is 24.8 Å². The highest BCUT2D eigenvalue weighted by atomic mass is 35.5. The molecule has 0 unspecified atom stereocenters. The number of hydrogen-bond donors (Lipinski definition) is 1. The van der Waals surface area contributed by atoms with Crippen molar-refractivity contribution in [1.82, 2.24) is 10.2 Å². The van der Waals surface area contributed by atoms with Crippen LogP contribution >= 0.6 is 11.6 Å². The number of benzene rings is 2. The predicted molar refractivity (Wildman–Crippen MR) is 147 cm³/mol. The number of aryl methyl sites for hydroxylation is 1. The minimum Gasteiger partial charge on any atom is -0.354 e. The molecule has 2 rings (SSSR count). The standard InChI is InChI=1S/C27H38ClN3O4S/c1-19(2)17-29-27(33)22(5)30(18-23-14-12-20(3)13-15-23)26(32)11-8-16-31(36(6,34)35)25-10-7-9-24(28)21(25)4/h7,9-10,12-15,19,22H,8,11,16-18H2,1-6H3,(H,29,33)/t22-/m0/s1. The summed E-state index contributed by atoms with van der Waals surface area (Å²) >= 11 is 6.21. The molecule has 36 heavy (non-hydrogen) atoms. The van der Waals surface area contributed by atoms with E-state index >= 15 is 0 Å².